The fourth-order valence-corrected chi connectivity index (χ4v) is 2.07. The summed E-state index contributed by atoms with van der Waals surface area (Å²) >= 11 is 11.7. The summed E-state index contributed by atoms with van der Waals surface area (Å²) < 4.78 is 2.12. The van der Waals surface area contributed by atoms with Crippen LogP contribution < -0.4 is 5.69 Å². The van der Waals surface area contributed by atoms with Gasteiger partial charge in [0.05, 0.1) is 15.6 Å². The number of aryl methyl sites for hydroxylation is 1. The van der Waals surface area contributed by atoms with Gasteiger partial charge in [-0.1, -0.05) is 30.1 Å². The fraction of sp³-hybridized carbons (Fsp3) is 0.300. The van der Waals surface area contributed by atoms with Crippen LogP contribution in [-0.2, 0) is 6.54 Å². The Kier molecular flexibility index (Phi) is 4.05. The van der Waals surface area contributed by atoms with Gasteiger partial charge in [-0.05, 0) is 22.9 Å². The Morgan fingerprint density at radius 3 is 2.60 bits per heavy atom. The quantitative estimate of drug-likeness (QED) is 0.635. The summed E-state index contributed by atoms with van der Waals surface area (Å²) in [6, 6.07) is 2.29. The smallest absolute Gasteiger partial charge is 0.258 e. The van der Waals surface area contributed by atoms with Gasteiger partial charge in [-0.15, -0.1) is 0 Å². The predicted octanol–water partition coefficient (Wildman–Crippen LogP) is 2.05. The molecule has 10 heteroatoms. The van der Waals surface area contributed by atoms with Crippen LogP contribution >= 0.6 is 23.2 Å². The van der Waals surface area contributed by atoms with Crippen molar-refractivity contribution in [2.24, 2.45) is 0 Å². The van der Waals surface area contributed by atoms with Crippen LogP contribution in [0.25, 0.3) is 5.69 Å². The number of aromatic nitrogens is 4. The fourth-order valence-electron chi connectivity index (χ4n) is 1.61. The van der Waals surface area contributed by atoms with E-state index < -0.39 is 10.6 Å². The van der Waals surface area contributed by atoms with E-state index in [1.54, 1.807) is 0 Å². The highest BCUT2D eigenvalue weighted by Crippen LogP contribution is 2.31. The van der Waals surface area contributed by atoms with E-state index in [0.717, 1.165) is 10.7 Å². The lowest BCUT2D eigenvalue weighted by molar-refractivity contribution is -0.384. The highest BCUT2D eigenvalue weighted by Gasteiger charge is 2.19. The van der Waals surface area contributed by atoms with Crippen LogP contribution in [0.1, 0.15) is 13.3 Å². The first-order valence-corrected chi connectivity index (χ1v) is 6.38. The lowest BCUT2D eigenvalue weighted by Gasteiger charge is -2.03. The first kappa shape index (κ1) is 14.5. The highest BCUT2D eigenvalue weighted by molar-refractivity contribution is 6.36. The number of benzene rings is 1. The number of nitro benzene ring substituents is 1. The van der Waals surface area contributed by atoms with Crippen molar-refractivity contribution in [3.63, 3.8) is 0 Å². The summed E-state index contributed by atoms with van der Waals surface area (Å²) in [5, 5.41) is 18.0. The van der Waals surface area contributed by atoms with Crippen LogP contribution in [0.2, 0.25) is 10.0 Å². The molecule has 2 aromatic rings. The van der Waals surface area contributed by atoms with Crippen LogP contribution in [0.4, 0.5) is 5.69 Å². The molecule has 1 aromatic carbocycles. The first-order chi connectivity index (χ1) is 9.45. The van der Waals surface area contributed by atoms with E-state index in [1.165, 1.54) is 10.7 Å². The average Bonchev–Trinajstić information content (AvgIpc) is 2.74. The molecule has 20 heavy (non-hydrogen) atoms. The lowest BCUT2D eigenvalue weighted by Crippen LogP contribution is -2.24. The van der Waals surface area contributed by atoms with E-state index in [4.69, 9.17) is 23.2 Å². The van der Waals surface area contributed by atoms with Crippen molar-refractivity contribution >= 4 is 28.9 Å². The van der Waals surface area contributed by atoms with E-state index >= 15 is 0 Å². The second kappa shape index (κ2) is 5.59. The van der Waals surface area contributed by atoms with E-state index in [-0.39, 0.29) is 21.4 Å². The minimum atomic E-state index is -0.658. The largest absolute Gasteiger partial charge is 0.368 e. The highest BCUT2D eigenvalue weighted by atomic mass is 35.5. The summed E-state index contributed by atoms with van der Waals surface area (Å²) in [5.41, 5.74) is -0.678. The molecule has 0 fully saturated rings. The number of nitro groups is 1. The maximum atomic E-state index is 12.0. The Bertz CT molecular complexity index is 724. The summed E-state index contributed by atoms with van der Waals surface area (Å²) in [6.45, 7) is 2.30. The molecule has 0 aliphatic heterocycles. The number of nitrogens with zero attached hydrogens (tertiary/aromatic N) is 5. The molecular formula is C10H9Cl2N5O3. The monoisotopic (exact) mass is 317 g/mol. The maximum Gasteiger partial charge on any atom is 0.368 e. The molecule has 0 N–H and O–H groups in total. The van der Waals surface area contributed by atoms with Gasteiger partial charge in [0.25, 0.3) is 5.69 Å². The van der Waals surface area contributed by atoms with Crippen LogP contribution in [0.15, 0.2) is 16.9 Å². The molecule has 0 aliphatic carbocycles. The molecule has 0 saturated heterocycles. The van der Waals surface area contributed by atoms with Gasteiger partial charge in [0.2, 0.25) is 0 Å². The molecule has 0 saturated carbocycles. The van der Waals surface area contributed by atoms with E-state index in [0.29, 0.717) is 13.0 Å². The molecule has 2 rings (SSSR count). The molecule has 106 valence electrons. The zero-order chi connectivity index (χ0) is 14.9. The zero-order valence-electron chi connectivity index (χ0n) is 10.3. The van der Waals surface area contributed by atoms with Crippen molar-refractivity contribution < 1.29 is 4.92 Å². The molecule has 0 aliphatic rings. The molecule has 1 aromatic heterocycles. The Morgan fingerprint density at radius 2 is 2.00 bits per heavy atom. The van der Waals surface area contributed by atoms with E-state index in [2.05, 4.69) is 10.4 Å². The third-order valence-electron chi connectivity index (χ3n) is 2.52. The standard InChI is InChI=1S/C10H9Cl2N5O3/c1-2-3-15-10(18)16(14-13-15)8-4-7(12)9(17(19)20)5-6(8)11/h4-5H,2-3H2,1H3. The SMILES string of the molecule is CCCn1nnn(-c2cc(Cl)c([N+](=O)[O-])cc2Cl)c1=O. The molecule has 0 bridgehead atoms. The van der Waals surface area contributed by atoms with Crippen molar-refractivity contribution in [2.45, 2.75) is 19.9 Å². The number of rotatable bonds is 4. The number of hydrogen-bond donors (Lipinski definition) is 0. The molecule has 0 amide bonds. The summed E-state index contributed by atoms with van der Waals surface area (Å²) in [4.78, 5) is 22.1. The van der Waals surface area contributed by atoms with Gasteiger partial charge in [-0.3, -0.25) is 10.1 Å². The van der Waals surface area contributed by atoms with Gasteiger partial charge in [0.1, 0.15) is 5.02 Å². The van der Waals surface area contributed by atoms with Gasteiger partial charge in [-0.2, -0.15) is 9.36 Å². The third kappa shape index (κ3) is 2.52. The van der Waals surface area contributed by atoms with Gasteiger partial charge in [0, 0.05) is 12.6 Å². The van der Waals surface area contributed by atoms with Crippen molar-refractivity contribution in [3.8, 4) is 5.69 Å². The summed E-state index contributed by atoms with van der Waals surface area (Å²) in [7, 11) is 0. The average molecular weight is 318 g/mol. The van der Waals surface area contributed by atoms with Crippen LogP contribution in [-0.4, -0.2) is 24.7 Å². The summed E-state index contributed by atoms with van der Waals surface area (Å²) in [5.74, 6) is 0. The second-order valence-corrected chi connectivity index (χ2v) is 4.72. The van der Waals surface area contributed by atoms with Crippen LogP contribution in [0.3, 0.4) is 0 Å². The normalized spacial score (nSPS) is 10.8. The van der Waals surface area contributed by atoms with Gasteiger partial charge in [-0.25, -0.2) is 4.79 Å². The minimum absolute atomic E-state index is 0.00764. The first-order valence-electron chi connectivity index (χ1n) is 5.62. The molecular weight excluding hydrogens is 309 g/mol. The van der Waals surface area contributed by atoms with Crippen molar-refractivity contribution in [1.82, 2.24) is 19.8 Å². The second-order valence-electron chi connectivity index (χ2n) is 3.91. The Balaban J connectivity index is 2.57. The molecule has 1 heterocycles. The lowest BCUT2D eigenvalue weighted by atomic mass is 10.3. The Labute approximate surface area is 122 Å². The van der Waals surface area contributed by atoms with Crippen LogP contribution in [0.5, 0.6) is 0 Å². The Morgan fingerprint density at radius 1 is 1.30 bits per heavy atom. The maximum absolute atomic E-state index is 12.0. The zero-order valence-corrected chi connectivity index (χ0v) is 11.8. The molecule has 0 spiro atoms. The van der Waals surface area contributed by atoms with Crippen LogP contribution in [0, 0.1) is 10.1 Å². The summed E-state index contributed by atoms with van der Waals surface area (Å²) in [6.07, 6.45) is 0.716. The molecule has 0 radical (unpaired) electrons. The predicted molar refractivity (Wildman–Crippen MR) is 72.6 cm³/mol. The minimum Gasteiger partial charge on any atom is -0.258 e. The van der Waals surface area contributed by atoms with Gasteiger partial charge < -0.3 is 0 Å². The van der Waals surface area contributed by atoms with Crippen molar-refractivity contribution in [1.29, 1.82) is 0 Å². The Hall–Kier alpha value is -1.93. The molecule has 8 nitrogen and oxygen atoms in total. The third-order valence-corrected chi connectivity index (χ3v) is 3.12. The topological polar surface area (TPSA) is 95.8 Å². The van der Waals surface area contributed by atoms with Crippen molar-refractivity contribution in [3.05, 3.63) is 42.8 Å². The van der Waals surface area contributed by atoms with E-state index in [1.807, 2.05) is 6.92 Å². The number of halogens is 2. The molecule has 0 atom stereocenters. The van der Waals surface area contributed by atoms with Gasteiger partial charge in [0.15, 0.2) is 0 Å². The number of hydrogen-bond acceptors (Lipinski definition) is 5. The molecule has 0 unspecified atom stereocenters. The van der Waals surface area contributed by atoms with Crippen molar-refractivity contribution in [2.75, 3.05) is 0 Å². The van der Waals surface area contributed by atoms with E-state index in [9.17, 15) is 14.9 Å². The number of tetrazole rings is 1. The van der Waals surface area contributed by atoms with Gasteiger partial charge >= 0.3 is 5.69 Å².